The van der Waals surface area contributed by atoms with E-state index in [0.29, 0.717) is 0 Å². The van der Waals surface area contributed by atoms with Crippen LogP contribution in [0.5, 0.6) is 0 Å². The van der Waals surface area contributed by atoms with E-state index in [-0.39, 0.29) is 0 Å². The Bertz CT molecular complexity index is 453. The molecule has 0 radical (unpaired) electrons. The standard InChI is InChI=1S/C13H14.C2H6/c1-9-8-10(2)12-6-4-5-7-13(12)11(9)3;1-2/h4-8H,1-3H3;1-2H3. The minimum Gasteiger partial charge on any atom is -0.0683 e. The third-order valence-corrected chi connectivity index (χ3v) is 2.78. The summed E-state index contributed by atoms with van der Waals surface area (Å²) in [5.41, 5.74) is 4.16. The fourth-order valence-corrected chi connectivity index (χ4v) is 1.88. The number of hydrogen-bond donors (Lipinski definition) is 0. The van der Waals surface area contributed by atoms with Crippen molar-refractivity contribution in [2.24, 2.45) is 0 Å². The minimum absolute atomic E-state index is 1.37. The summed E-state index contributed by atoms with van der Waals surface area (Å²) in [5, 5.41) is 2.77. The first kappa shape index (κ1) is 11.8. The number of benzene rings is 2. The maximum atomic E-state index is 2.26. The lowest BCUT2D eigenvalue weighted by Crippen LogP contribution is -1.86. The Morgan fingerprint density at radius 2 is 1.27 bits per heavy atom. The fourth-order valence-electron chi connectivity index (χ4n) is 1.88. The van der Waals surface area contributed by atoms with Gasteiger partial charge in [0.05, 0.1) is 0 Å². The molecule has 0 aliphatic carbocycles. The molecule has 0 heterocycles. The number of aryl methyl sites for hydroxylation is 3. The molecule has 0 fully saturated rings. The summed E-state index contributed by atoms with van der Waals surface area (Å²) in [5.74, 6) is 0. The highest BCUT2D eigenvalue weighted by Crippen LogP contribution is 2.24. The second-order valence-corrected chi connectivity index (χ2v) is 3.68. The van der Waals surface area contributed by atoms with Crippen LogP contribution in [0.15, 0.2) is 30.3 Å². The fraction of sp³-hybridized carbons (Fsp3) is 0.333. The Morgan fingerprint density at radius 3 is 1.87 bits per heavy atom. The molecule has 2 rings (SSSR count). The zero-order chi connectivity index (χ0) is 11.4. The van der Waals surface area contributed by atoms with Crippen molar-refractivity contribution in [3.05, 3.63) is 47.0 Å². The molecule has 0 aliphatic rings. The molecule has 0 unspecified atom stereocenters. The van der Waals surface area contributed by atoms with E-state index >= 15 is 0 Å². The summed E-state index contributed by atoms with van der Waals surface area (Å²) in [7, 11) is 0. The smallest absolute Gasteiger partial charge is 0.0149 e. The molecule has 0 atom stereocenters. The molecule has 2 aromatic carbocycles. The van der Waals surface area contributed by atoms with Crippen molar-refractivity contribution in [2.45, 2.75) is 34.6 Å². The van der Waals surface area contributed by atoms with Gasteiger partial charge in [-0.3, -0.25) is 0 Å². The van der Waals surface area contributed by atoms with Gasteiger partial charge in [-0.15, -0.1) is 0 Å². The first-order valence-corrected chi connectivity index (χ1v) is 5.65. The summed E-state index contributed by atoms with van der Waals surface area (Å²) in [6.07, 6.45) is 0. The summed E-state index contributed by atoms with van der Waals surface area (Å²) in [6.45, 7) is 10.5. The molecule has 80 valence electrons. The van der Waals surface area contributed by atoms with Crippen molar-refractivity contribution >= 4 is 10.8 Å². The van der Waals surface area contributed by atoms with Gasteiger partial charge < -0.3 is 0 Å². The van der Waals surface area contributed by atoms with Crippen LogP contribution < -0.4 is 0 Å². The third kappa shape index (κ3) is 2.20. The van der Waals surface area contributed by atoms with Gasteiger partial charge in [0.15, 0.2) is 0 Å². The maximum Gasteiger partial charge on any atom is -0.0149 e. The lowest BCUT2D eigenvalue weighted by atomic mass is 9.97. The predicted molar refractivity (Wildman–Crippen MR) is 69.5 cm³/mol. The first-order valence-electron chi connectivity index (χ1n) is 5.65. The highest BCUT2D eigenvalue weighted by atomic mass is 14.1. The van der Waals surface area contributed by atoms with E-state index in [9.17, 15) is 0 Å². The van der Waals surface area contributed by atoms with Crippen molar-refractivity contribution in [1.82, 2.24) is 0 Å². The number of fused-ring (bicyclic) bond motifs is 1. The molecule has 0 spiro atoms. The van der Waals surface area contributed by atoms with Crippen molar-refractivity contribution in [3.8, 4) is 0 Å². The minimum atomic E-state index is 1.37. The zero-order valence-electron chi connectivity index (χ0n) is 10.4. The molecule has 0 saturated heterocycles. The molecule has 2 aromatic rings. The second kappa shape index (κ2) is 4.97. The highest BCUT2D eigenvalue weighted by molar-refractivity contribution is 5.89. The lowest BCUT2D eigenvalue weighted by molar-refractivity contribution is 1.34. The molecule has 15 heavy (non-hydrogen) atoms. The van der Waals surface area contributed by atoms with Gasteiger partial charge in [-0.05, 0) is 48.2 Å². The van der Waals surface area contributed by atoms with Gasteiger partial charge >= 0.3 is 0 Å². The van der Waals surface area contributed by atoms with Crippen LogP contribution in [-0.4, -0.2) is 0 Å². The highest BCUT2D eigenvalue weighted by Gasteiger charge is 2.01. The molecule has 0 amide bonds. The molecular formula is C15H20. The predicted octanol–water partition coefficient (Wildman–Crippen LogP) is 4.79. The van der Waals surface area contributed by atoms with E-state index in [1.165, 1.54) is 27.5 Å². The van der Waals surface area contributed by atoms with Crippen LogP contribution in [-0.2, 0) is 0 Å². The van der Waals surface area contributed by atoms with Crippen molar-refractivity contribution in [2.75, 3.05) is 0 Å². The molecular weight excluding hydrogens is 180 g/mol. The van der Waals surface area contributed by atoms with Gasteiger partial charge in [-0.1, -0.05) is 44.2 Å². The number of rotatable bonds is 0. The van der Waals surface area contributed by atoms with Crippen LogP contribution >= 0.6 is 0 Å². The van der Waals surface area contributed by atoms with Crippen LogP contribution in [0.3, 0.4) is 0 Å². The SMILES string of the molecule is CC.Cc1cc(C)c2ccccc2c1C. The average Bonchev–Trinajstić information content (AvgIpc) is 2.29. The van der Waals surface area contributed by atoms with Crippen LogP contribution in [0.4, 0.5) is 0 Å². The van der Waals surface area contributed by atoms with Crippen molar-refractivity contribution < 1.29 is 0 Å². The Hall–Kier alpha value is -1.30. The summed E-state index contributed by atoms with van der Waals surface area (Å²) < 4.78 is 0. The van der Waals surface area contributed by atoms with E-state index in [0.717, 1.165) is 0 Å². The van der Waals surface area contributed by atoms with Gasteiger partial charge in [0.1, 0.15) is 0 Å². The summed E-state index contributed by atoms with van der Waals surface area (Å²) in [4.78, 5) is 0. The van der Waals surface area contributed by atoms with E-state index in [4.69, 9.17) is 0 Å². The second-order valence-electron chi connectivity index (χ2n) is 3.68. The molecule has 0 heteroatoms. The first-order chi connectivity index (χ1) is 7.20. The normalized spacial score (nSPS) is 9.67. The van der Waals surface area contributed by atoms with Crippen molar-refractivity contribution in [1.29, 1.82) is 0 Å². The Kier molecular flexibility index (Phi) is 3.90. The Morgan fingerprint density at radius 1 is 0.733 bits per heavy atom. The Balaban J connectivity index is 0.000000531. The van der Waals surface area contributed by atoms with Crippen LogP contribution in [0, 0.1) is 20.8 Å². The lowest BCUT2D eigenvalue weighted by Gasteiger charge is -2.08. The maximum absolute atomic E-state index is 2.26. The molecule has 0 bridgehead atoms. The zero-order valence-corrected chi connectivity index (χ0v) is 10.4. The largest absolute Gasteiger partial charge is 0.0683 e. The van der Waals surface area contributed by atoms with Gasteiger partial charge in [-0.2, -0.15) is 0 Å². The average molecular weight is 200 g/mol. The summed E-state index contributed by atoms with van der Waals surface area (Å²) in [6, 6.07) is 10.9. The van der Waals surface area contributed by atoms with E-state index in [1.807, 2.05) is 13.8 Å². The Labute approximate surface area is 92.9 Å². The van der Waals surface area contributed by atoms with Crippen molar-refractivity contribution in [3.63, 3.8) is 0 Å². The van der Waals surface area contributed by atoms with Gasteiger partial charge in [0.25, 0.3) is 0 Å². The molecule has 0 N–H and O–H groups in total. The van der Waals surface area contributed by atoms with Crippen LogP contribution in [0.2, 0.25) is 0 Å². The van der Waals surface area contributed by atoms with E-state index in [2.05, 4.69) is 51.1 Å². The number of hydrogen-bond acceptors (Lipinski definition) is 0. The molecule has 0 aliphatic heterocycles. The van der Waals surface area contributed by atoms with Crippen LogP contribution in [0.1, 0.15) is 30.5 Å². The quantitative estimate of drug-likeness (QED) is 0.573. The monoisotopic (exact) mass is 200 g/mol. The van der Waals surface area contributed by atoms with E-state index in [1.54, 1.807) is 0 Å². The van der Waals surface area contributed by atoms with Crippen LogP contribution in [0.25, 0.3) is 10.8 Å². The third-order valence-electron chi connectivity index (χ3n) is 2.78. The molecule has 0 saturated carbocycles. The molecule has 0 nitrogen and oxygen atoms in total. The summed E-state index contributed by atoms with van der Waals surface area (Å²) >= 11 is 0. The topological polar surface area (TPSA) is 0 Å². The van der Waals surface area contributed by atoms with E-state index < -0.39 is 0 Å². The molecule has 0 aromatic heterocycles. The van der Waals surface area contributed by atoms with Gasteiger partial charge in [0.2, 0.25) is 0 Å². The van der Waals surface area contributed by atoms with Gasteiger partial charge in [0, 0.05) is 0 Å². The van der Waals surface area contributed by atoms with Gasteiger partial charge in [-0.25, -0.2) is 0 Å².